The monoisotopic (exact) mass is 132 g/mol. The van der Waals surface area contributed by atoms with E-state index < -0.39 is 0 Å². The molecule has 0 unspecified atom stereocenters. The quantitative estimate of drug-likeness (QED) is 0.484. The minimum Gasteiger partial charge on any atom is -0.313 e. The maximum Gasteiger partial charge on any atom is 0.0580 e. The van der Waals surface area contributed by atoms with Crippen molar-refractivity contribution in [2.75, 3.05) is 19.6 Å². The molecule has 1 fully saturated rings. The van der Waals surface area contributed by atoms with Gasteiger partial charge in [-0.2, -0.15) is 0 Å². The van der Waals surface area contributed by atoms with Crippen molar-refractivity contribution in [3.63, 3.8) is 0 Å². The Balaban J connectivity index is 2.49. The third kappa shape index (κ3) is 1.40. The highest BCUT2D eigenvalue weighted by molar-refractivity contribution is 4.83. The summed E-state index contributed by atoms with van der Waals surface area (Å²) in [5.74, 6) is 0. The lowest BCUT2D eigenvalue weighted by Gasteiger charge is -2.35. The molecule has 1 saturated heterocycles. The number of nitrogens with zero attached hydrogens (tertiary/aromatic N) is 1. The van der Waals surface area contributed by atoms with Crippen LogP contribution < -0.4 is 5.32 Å². The number of halogens is 1. The van der Waals surface area contributed by atoms with E-state index >= 15 is 0 Å². The number of rotatable bonds is 0. The van der Waals surface area contributed by atoms with Gasteiger partial charge >= 0.3 is 0 Å². The molecule has 0 bridgehead atoms. The second-order valence-electron chi connectivity index (χ2n) is 3.07. The van der Waals surface area contributed by atoms with Crippen LogP contribution in [0.5, 0.6) is 0 Å². The van der Waals surface area contributed by atoms with Crippen molar-refractivity contribution >= 4 is 0 Å². The van der Waals surface area contributed by atoms with Gasteiger partial charge in [0, 0.05) is 19.6 Å². The first-order chi connectivity index (χ1) is 4.13. The Morgan fingerprint density at radius 2 is 2.22 bits per heavy atom. The zero-order valence-electron chi connectivity index (χ0n) is 5.95. The van der Waals surface area contributed by atoms with E-state index in [2.05, 4.69) is 5.32 Å². The molecule has 0 aromatic heterocycles. The maximum atomic E-state index is 12.8. The lowest BCUT2D eigenvalue weighted by Crippen LogP contribution is -2.54. The highest BCUT2D eigenvalue weighted by Crippen LogP contribution is 2.15. The maximum absolute atomic E-state index is 12.8. The highest BCUT2D eigenvalue weighted by Gasteiger charge is 2.29. The van der Waals surface area contributed by atoms with Gasteiger partial charge in [-0.05, 0) is 13.8 Å². The molecule has 0 radical (unpaired) electrons. The second-order valence-corrected chi connectivity index (χ2v) is 3.07. The third-order valence-corrected chi connectivity index (χ3v) is 1.70. The van der Waals surface area contributed by atoms with E-state index in [1.165, 1.54) is 0 Å². The molecule has 0 aliphatic carbocycles. The molecule has 0 saturated carbocycles. The van der Waals surface area contributed by atoms with Crippen LogP contribution in [0.25, 0.3) is 0 Å². The summed E-state index contributed by atoms with van der Waals surface area (Å²) in [5.41, 5.74) is -0.307. The molecule has 0 amide bonds. The highest BCUT2D eigenvalue weighted by atomic mass is 19.2. The van der Waals surface area contributed by atoms with Gasteiger partial charge in [0.2, 0.25) is 0 Å². The van der Waals surface area contributed by atoms with Gasteiger partial charge in [-0.25, -0.2) is 0 Å². The second kappa shape index (κ2) is 2.23. The van der Waals surface area contributed by atoms with Gasteiger partial charge in [-0.3, -0.25) is 0 Å². The van der Waals surface area contributed by atoms with Gasteiger partial charge in [-0.1, -0.05) is 0 Å². The van der Waals surface area contributed by atoms with E-state index in [9.17, 15) is 4.48 Å². The minimum atomic E-state index is -0.307. The van der Waals surface area contributed by atoms with E-state index in [1.54, 1.807) is 0 Å². The third-order valence-electron chi connectivity index (χ3n) is 1.70. The molecule has 0 atom stereocenters. The average Bonchev–Trinajstić information content (AvgIpc) is 1.77. The topological polar surface area (TPSA) is 15.3 Å². The molecular weight excluding hydrogens is 119 g/mol. The molecule has 0 aromatic rings. The van der Waals surface area contributed by atoms with Crippen LogP contribution in [0.4, 0.5) is 4.48 Å². The van der Waals surface area contributed by atoms with Crippen LogP contribution in [-0.4, -0.2) is 30.3 Å². The summed E-state index contributed by atoms with van der Waals surface area (Å²) in [4.78, 5) is 0. The van der Waals surface area contributed by atoms with Gasteiger partial charge in [0.15, 0.2) is 0 Å². The lowest BCUT2D eigenvalue weighted by molar-refractivity contribution is -0.0816. The standard InChI is InChI=1S/C6H13FN2/c1-6(2)5-8-3-4-9(6)7/h8H,3-5H2,1-2H3. The summed E-state index contributed by atoms with van der Waals surface area (Å²) in [6.45, 7) is 5.79. The predicted octanol–water partition coefficient (Wildman–Crippen LogP) is 0.555. The van der Waals surface area contributed by atoms with E-state index in [0.717, 1.165) is 18.2 Å². The largest absolute Gasteiger partial charge is 0.313 e. The summed E-state index contributed by atoms with van der Waals surface area (Å²) in [5, 5.41) is 4.02. The Kier molecular flexibility index (Phi) is 1.73. The summed E-state index contributed by atoms with van der Waals surface area (Å²) in [6, 6.07) is 0. The van der Waals surface area contributed by atoms with Crippen molar-refractivity contribution < 1.29 is 4.48 Å². The van der Waals surface area contributed by atoms with Crippen LogP contribution in [0.3, 0.4) is 0 Å². The molecule has 0 aromatic carbocycles. The molecule has 3 heteroatoms. The molecule has 0 spiro atoms. The molecule has 54 valence electrons. The number of hydrogen-bond acceptors (Lipinski definition) is 2. The predicted molar refractivity (Wildman–Crippen MR) is 34.8 cm³/mol. The van der Waals surface area contributed by atoms with E-state index in [0.29, 0.717) is 6.54 Å². The number of nitrogens with one attached hydrogen (secondary N) is 1. The molecule has 1 N–H and O–H groups in total. The van der Waals surface area contributed by atoms with Gasteiger partial charge in [0.05, 0.1) is 5.54 Å². The van der Waals surface area contributed by atoms with E-state index in [-0.39, 0.29) is 5.54 Å². The zero-order chi connectivity index (χ0) is 6.91. The van der Waals surface area contributed by atoms with Crippen molar-refractivity contribution in [1.29, 1.82) is 0 Å². The van der Waals surface area contributed by atoms with Crippen molar-refractivity contribution in [3.05, 3.63) is 0 Å². The Hall–Kier alpha value is -0.150. The van der Waals surface area contributed by atoms with E-state index in [1.807, 2.05) is 13.8 Å². The van der Waals surface area contributed by atoms with Crippen molar-refractivity contribution in [1.82, 2.24) is 10.4 Å². The smallest absolute Gasteiger partial charge is 0.0580 e. The first-order valence-electron chi connectivity index (χ1n) is 3.27. The molecule has 1 aliphatic heterocycles. The summed E-state index contributed by atoms with van der Waals surface area (Å²) < 4.78 is 12.8. The van der Waals surface area contributed by atoms with Crippen molar-refractivity contribution in [2.45, 2.75) is 19.4 Å². The SMILES string of the molecule is CC1(C)CNCCN1F. The fourth-order valence-corrected chi connectivity index (χ4v) is 0.960. The Bertz CT molecular complexity index is 103. The fourth-order valence-electron chi connectivity index (χ4n) is 0.960. The molecule has 2 nitrogen and oxygen atoms in total. The van der Waals surface area contributed by atoms with Crippen LogP contribution in [0, 0.1) is 0 Å². The van der Waals surface area contributed by atoms with Gasteiger partial charge < -0.3 is 5.32 Å². The average molecular weight is 132 g/mol. The summed E-state index contributed by atoms with van der Waals surface area (Å²) in [6.07, 6.45) is 0. The fraction of sp³-hybridized carbons (Fsp3) is 1.00. The molecular formula is C6H13FN2. The first-order valence-corrected chi connectivity index (χ1v) is 3.27. The van der Waals surface area contributed by atoms with Crippen LogP contribution in [-0.2, 0) is 0 Å². The van der Waals surface area contributed by atoms with Crippen molar-refractivity contribution in [3.8, 4) is 0 Å². The number of piperazine rings is 1. The Morgan fingerprint density at radius 3 is 2.56 bits per heavy atom. The van der Waals surface area contributed by atoms with E-state index in [4.69, 9.17) is 0 Å². The van der Waals surface area contributed by atoms with Gasteiger partial charge in [0.25, 0.3) is 0 Å². The van der Waals surface area contributed by atoms with Gasteiger partial charge in [-0.15, -0.1) is 9.60 Å². The molecule has 1 rings (SSSR count). The Labute approximate surface area is 55.0 Å². The summed E-state index contributed by atoms with van der Waals surface area (Å²) >= 11 is 0. The van der Waals surface area contributed by atoms with Crippen LogP contribution in [0.1, 0.15) is 13.8 Å². The molecule has 1 aliphatic rings. The minimum absolute atomic E-state index is 0.307. The lowest BCUT2D eigenvalue weighted by atomic mass is 10.0. The van der Waals surface area contributed by atoms with Gasteiger partial charge in [0.1, 0.15) is 0 Å². The van der Waals surface area contributed by atoms with Crippen LogP contribution >= 0.6 is 0 Å². The number of hydrogen-bond donors (Lipinski definition) is 1. The molecule has 1 heterocycles. The Morgan fingerprint density at radius 1 is 1.56 bits per heavy atom. The molecule has 9 heavy (non-hydrogen) atoms. The van der Waals surface area contributed by atoms with Crippen molar-refractivity contribution in [2.24, 2.45) is 0 Å². The van der Waals surface area contributed by atoms with Crippen LogP contribution in [0.2, 0.25) is 0 Å². The first kappa shape index (κ1) is 6.96. The van der Waals surface area contributed by atoms with Crippen LogP contribution in [0.15, 0.2) is 0 Å². The zero-order valence-corrected chi connectivity index (χ0v) is 5.95. The normalized spacial score (nSPS) is 28.3. The summed E-state index contributed by atoms with van der Waals surface area (Å²) in [7, 11) is 0.